The lowest BCUT2D eigenvalue weighted by Gasteiger charge is -2.14. The first-order chi connectivity index (χ1) is 10.1. The van der Waals surface area contributed by atoms with Crippen molar-refractivity contribution in [3.63, 3.8) is 0 Å². The molecule has 0 spiro atoms. The van der Waals surface area contributed by atoms with Crippen LogP contribution in [0.15, 0.2) is 12.1 Å². The number of methoxy groups -OCH3 is 1. The summed E-state index contributed by atoms with van der Waals surface area (Å²) < 4.78 is 15.8. The zero-order chi connectivity index (χ0) is 15.7. The summed E-state index contributed by atoms with van der Waals surface area (Å²) >= 11 is 6.18. The third kappa shape index (κ3) is 7.17. The van der Waals surface area contributed by atoms with Gasteiger partial charge in [0.25, 0.3) is 5.91 Å². The second kappa shape index (κ2) is 11.4. The lowest BCUT2D eigenvalue weighted by molar-refractivity contribution is -0.119. The molecule has 0 aliphatic rings. The summed E-state index contributed by atoms with van der Waals surface area (Å²) in [7, 11) is 1.65. The van der Waals surface area contributed by atoms with Crippen molar-refractivity contribution < 1.29 is 19.0 Å². The molecule has 1 aromatic rings. The van der Waals surface area contributed by atoms with E-state index in [-0.39, 0.29) is 19.0 Å². The third-order valence-corrected chi connectivity index (χ3v) is 2.82. The van der Waals surface area contributed by atoms with Crippen molar-refractivity contribution in [2.45, 2.75) is 13.5 Å². The van der Waals surface area contributed by atoms with Gasteiger partial charge in [-0.2, -0.15) is 0 Å². The maximum absolute atomic E-state index is 10.8. The highest BCUT2D eigenvalue weighted by Crippen LogP contribution is 2.36. The SMILES string of the molecule is CCOc1cc(CNCCOC)cc(Cl)c1OCC(N)=O.Cl. The molecular formula is C14H22Cl2N2O4. The predicted molar refractivity (Wildman–Crippen MR) is 88.1 cm³/mol. The summed E-state index contributed by atoms with van der Waals surface area (Å²) in [5.74, 6) is 0.256. The maximum Gasteiger partial charge on any atom is 0.255 e. The Kier molecular flexibility index (Phi) is 10.7. The Labute approximate surface area is 141 Å². The van der Waals surface area contributed by atoms with Gasteiger partial charge in [-0.25, -0.2) is 0 Å². The monoisotopic (exact) mass is 352 g/mol. The highest BCUT2D eigenvalue weighted by atomic mass is 35.5. The molecular weight excluding hydrogens is 331 g/mol. The number of hydrogen-bond acceptors (Lipinski definition) is 5. The summed E-state index contributed by atoms with van der Waals surface area (Å²) in [5, 5.41) is 3.60. The van der Waals surface area contributed by atoms with Crippen molar-refractivity contribution in [3.05, 3.63) is 22.7 Å². The number of nitrogens with two attached hydrogens (primary N) is 1. The number of hydrogen-bond donors (Lipinski definition) is 2. The van der Waals surface area contributed by atoms with Crippen LogP contribution in [-0.4, -0.2) is 39.4 Å². The lowest BCUT2D eigenvalue weighted by atomic mass is 10.2. The molecule has 0 radical (unpaired) electrons. The van der Waals surface area contributed by atoms with Gasteiger partial charge in [-0.15, -0.1) is 12.4 Å². The van der Waals surface area contributed by atoms with Crippen LogP contribution in [0.25, 0.3) is 0 Å². The van der Waals surface area contributed by atoms with E-state index in [0.29, 0.717) is 36.3 Å². The Morgan fingerprint density at radius 1 is 1.36 bits per heavy atom. The Bertz CT molecular complexity index is 472. The van der Waals surface area contributed by atoms with E-state index in [2.05, 4.69) is 5.32 Å². The topological polar surface area (TPSA) is 82.8 Å². The minimum absolute atomic E-state index is 0. The van der Waals surface area contributed by atoms with Gasteiger partial charge in [-0.1, -0.05) is 11.6 Å². The van der Waals surface area contributed by atoms with Crippen LogP contribution in [0.4, 0.5) is 0 Å². The van der Waals surface area contributed by atoms with Gasteiger partial charge >= 0.3 is 0 Å². The van der Waals surface area contributed by atoms with Crippen LogP contribution in [0.2, 0.25) is 5.02 Å². The molecule has 0 aliphatic carbocycles. The average molecular weight is 353 g/mol. The van der Waals surface area contributed by atoms with E-state index < -0.39 is 5.91 Å². The number of amides is 1. The Balaban J connectivity index is 0.00000441. The van der Waals surface area contributed by atoms with E-state index in [0.717, 1.165) is 12.1 Å². The van der Waals surface area contributed by atoms with E-state index in [1.807, 2.05) is 13.0 Å². The van der Waals surface area contributed by atoms with Gasteiger partial charge in [-0.05, 0) is 24.6 Å². The molecule has 0 fully saturated rings. The number of carbonyl (C=O) groups excluding carboxylic acids is 1. The molecule has 0 saturated carbocycles. The molecule has 126 valence electrons. The largest absolute Gasteiger partial charge is 0.490 e. The molecule has 0 aliphatic heterocycles. The maximum atomic E-state index is 10.8. The number of benzene rings is 1. The third-order valence-electron chi connectivity index (χ3n) is 2.54. The fourth-order valence-corrected chi connectivity index (χ4v) is 1.96. The van der Waals surface area contributed by atoms with Crippen molar-refractivity contribution in [1.29, 1.82) is 0 Å². The van der Waals surface area contributed by atoms with Gasteiger partial charge in [0.05, 0.1) is 18.2 Å². The molecule has 1 aromatic carbocycles. The van der Waals surface area contributed by atoms with Gasteiger partial charge in [-0.3, -0.25) is 4.79 Å². The van der Waals surface area contributed by atoms with Crippen LogP contribution in [0.5, 0.6) is 11.5 Å². The van der Waals surface area contributed by atoms with Crippen LogP contribution >= 0.6 is 24.0 Å². The number of nitrogens with one attached hydrogen (secondary N) is 1. The Hall–Kier alpha value is -1.21. The lowest BCUT2D eigenvalue weighted by Crippen LogP contribution is -2.21. The second-order valence-electron chi connectivity index (χ2n) is 4.26. The normalized spacial score (nSPS) is 9.95. The zero-order valence-electron chi connectivity index (χ0n) is 12.7. The van der Waals surface area contributed by atoms with E-state index in [1.165, 1.54) is 0 Å². The summed E-state index contributed by atoms with van der Waals surface area (Å²) in [6.07, 6.45) is 0. The molecule has 0 atom stereocenters. The Morgan fingerprint density at radius 2 is 2.09 bits per heavy atom. The first-order valence-corrected chi connectivity index (χ1v) is 7.02. The average Bonchev–Trinajstić information content (AvgIpc) is 2.43. The molecule has 0 saturated heterocycles. The minimum Gasteiger partial charge on any atom is -0.490 e. The van der Waals surface area contributed by atoms with Gasteiger partial charge in [0.1, 0.15) is 0 Å². The fraction of sp³-hybridized carbons (Fsp3) is 0.500. The second-order valence-corrected chi connectivity index (χ2v) is 4.67. The molecule has 0 aromatic heterocycles. The highest BCUT2D eigenvalue weighted by Gasteiger charge is 2.13. The quantitative estimate of drug-likeness (QED) is 0.627. The van der Waals surface area contributed by atoms with Crippen LogP contribution in [0.3, 0.4) is 0 Å². The van der Waals surface area contributed by atoms with E-state index in [4.69, 9.17) is 31.5 Å². The van der Waals surface area contributed by atoms with E-state index >= 15 is 0 Å². The minimum atomic E-state index is -0.571. The van der Waals surface area contributed by atoms with Crippen molar-refractivity contribution >= 4 is 29.9 Å². The van der Waals surface area contributed by atoms with Crippen molar-refractivity contribution in [2.24, 2.45) is 5.73 Å². The van der Waals surface area contributed by atoms with Crippen LogP contribution in [-0.2, 0) is 16.1 Å². The fourth-order valence-electron chi connectivity index (χ4n) is 1.68. The smallest absolute Gasteiger partial charge is 0.255 e. The van der Waals surface area contributed by atoms with Crippen molar-refractivity contribution in [1.82, 2.24) is 5.32 Å². The predicted octanol–water partition coefficient (Wildman–Crippen LogP) is 1.76. The summed E-state index contributed by atoms with van der Waals surface area (Å²) in [6.45, 7) is 4.06. The summed E-state index contributed by atoms with van der Waals surface area (Å²) in [4.78, 5) is 10.8. The highest BCUT2D eigenvalue weighted by molar-refractivity contribution is 6.32. The number of carbonyl (C=O) groups is 1. The first kappa shape index (κ1) is 20.8. The number of primary amides is 1. The number of halogens is 2. The molecule has 0 heterocycles. The van der Waals surface area contributed by atoms with Crippen LogP contribution in [0.1, 0.15) is 12.5 Å². The molecule has 22 heavy (non-hydrogen) atoms. The van der Waals surface area contributed by atoms with Gasteiger partial charge in [0.2, 0.25) is 0 Å². The van der Waals surface area contributed by atoms with Crippen LogP contribution in [0, 0.1) is 0 Å². The van der Waals surface area contributed by atoms with Gasteiger partial charge in [0.15, 0.2) is 18.1 Å². The zero-order valence-corrected chi connectivity index (χ0v) is 14.3. The van der Waals surface area contributed by atoms with E-state index in [9.17, 15) is 4.79 Å². The molecule has 0 bridgehead atoms. The molecule has 1 amide bonds. The number of ether oxygens (including phenoxy) is 3. The molecule has 3 N–H and O–H groups in total. The molecule has 6 nitrogen and oxygen atoms in total. The van der Waals surface area contributed by atoms with Crippen LogP contribution < -0.4 is 20.5 Å². The standard InChI is InChI=1S/C14H21ClN2O4.ClH/c1-3-20-12-7-10(8-17-4-5-19-2)6-11(15)14(12)21-9-13(16)18;/h6-7,17H,3-5,8-9H2,1-2H3,(H2,16,18);1H. The molecule has 1 rings (SSSR count). The molecule has 0 unspecified atom stereocenters. The van der Waals surface area contributed by atoms with Gasteiger partial charge < -0.3 is 25.3 Å². The van der Waals surface area contributed by atoms with Crippen molar-refractivity contribution in [3.8, 4) is 11.5 Å². The number of rotatable bonds is 10. The van der Waals surface area contributed by atoms with Crippen molar-refractivity contribution in [2.75, 3.05) is 33.5 Å². The summed E-state index contributed by atoms with van der Waals surface area (Å²) in [6, 6.07) is 3.59. The van der Waals surface area contributed by atoms with E-state index in [1.54, 1.807) is 13.2 Å². The van der Waals surface area contributed by atoms with Gasteiger partial charge in [0, 0.05) is 20.2 Å². The molecule has 8 heteroatoms. The Morgan fingerprint density at radius 3 is 2.68 bits per heavy atom. The first-order valence-electron chi connectivity index (χ1n) is 6.64. The summed E-state index contributed by atoms with van der Waals surface area (Å²) in [5.41, 5.74) is 6.02.